The maximum Gasteiger partial charge on any atom is 0.201 e. The molecule has 0 atom stereocenters. The van der Waals surface area contributed by atoms with Crippen molar-refractivity contribution in [1.82, 2.24) is 9.55 Å². The summed E-state index contributed by atoms with van der Waals surface area (Å²) in [4.78, 5) is 3.88. The van der Waals surface area contributed by atoms with Crippen molar-refractivity contribution in [2.24, 2.45) is 5.10 Å². The first-order valence-electron chi connectivity index (χ1n) is 4.49. The van der Waals surface area contributed by atoms with Crippen LogP contribution in [0, 0.1) is 5.82 Å². The Balaban J connectivity index is 2.06. The maximum absolute atomic E-state index is 12.6. The zero-order valence-corrected chi connectivity index (χ0v) is 9.73. The number of hydrazone groups is 1. The molecule has 0 aliphatic heterocycles. The highest BCUT2D eigenvalue weighted by Crippen LogP contribution is 2.08. The summed E-state index contributed by atoms with van der Waals surface area (Å²) in [6, 6.07) is 5.94. The molecule has 0 fully saturated rings. The number of rotatable bonds is 2. The molecule has 0 radical (unpaired) electrons. The quantitative estimate of drug-likeness (QED) is 0.523. The standard InChI is InChI=1S/C10H8BrFN4/c11-10(16-6-5-13-7-16)15-14-9-3-1-8(12)2-4-9/h1-7,14H/b15-10-. The van der Waals surface area contributed by atoms with Crippen LogP contribution in [0.15, 0.2) is 48.1 Å². The monoisotopic (exact) mass is 282 g/mol. The van der Waals surface area contributed by atoms with Crippen LogP contribution in [0.1, 0.15) is 0 Å². The van der Waals surface area contributed by atoms with Gasteiger partial charge in [-0.1, -0.05) is 0 Å². The van der Waals surface area contributed by atoms with Crippen molar-refractivity contribution in [3.05, 3.63) is 48.8 Å². The normalized spacial score (nSPS) is 11.5. The number of anilines is 1. The lowest BCUT2D eigenvalue weighted by Gasteiger charge is -2.01. The van der Waals surface area contributed by atoms with Crippen molar-refractivity contribution in [3.8, 4) is 0 Å². The van der Waals surface area contributed by atoms with Gasteiger partial charge in [0.15, 0.2) is 0 Å². The molecular formula is C10H8BrFN4. The number of hydrogen-bond acceptors (Lipinski definition) is 3. The van der Waals surface area contributed by atoms with Crippen molar-refractivity contribution < 1.29 is 4.39 Å². The zero-order chi connectivity index (χ0) is 11.4. The van der Waals surface area contributed by atoms with Crippen LogP contribution in [-0.4, -0.2) is 14.3 Å². The molecule has 0 bridgehead atoms. The van der Waals surface area contributed by atoms with Crippen molar-refractivity contribution >= 4 is 26.4 Å². The van der Waals surface area contributed by atoms with Gasteiger partial charge in [-0.3, -0.25) is 9.99 Å². The summed E-state index contributed by atoms with van der Waals surface area (Å²) in [7, 11) is 0. The summed E-state index contributed by atoms with van der Waals surface area (Å²) in [5.41, 5.74) is 3.49. The predicted molar refractivity (Wildman–Crippen MR) is 64.0 cm³/mol. The van der Waals surface area contributed by atoms with E-state index in [2.05, 4.69) is 31.4 Å². The Bertz CT molecular complexity index is 478. The van der Waals surface area contributed by atoms with Crippen molar-refractivity contribution in [1.29, 1.82) is 0 Å². The molecule has 16 heavy (non-hydrogen) atoms. The summed E-state index contributed by atoms with van der Waals surface area (Å²) in [5, 5.41) is 4.05. The van der Waals surface area contributed by atoms with Gasteiger partial charge in [0.2, 0.25) is 4.74 Å². The summed E-state index contributed by atoms with van der Waals surface area (Å²) >= 11 is 3.27. The van der Waals surface area contributed by atoms with Gasteiger partial charge < -0.3 is 0 Å². The topological polar surface area (TPSA) is 42.2 Å². The van der Waals surface area contributed by atoms with Gasteiger partial charge in [0, 0.05) is 12.4 Å². The summed E-state index contributed by atoms with van der Waals surface area (Å²) in [5.74, 6) is -0.275. The van der Waals surface area contributed by atoms with Gasteiger partial charge in [0.05, 0.1) is 5.69 Å². The zero-order valence-electron chi connectivity index (χ0n) is 8.14. The van der Waals surface area contributed by atoms with E-state index >= 15 is 0 Å². The van der Waals surface area contributed by atoms with Crippen molar-refractivity contribution in [2.75, 3.05) is 5.43 Å². The number of halogens is 2. The lowest BCUT2D eigenvalue weighted by molar-refractivity contribution is 0.628. The van der Waals surface area contributed by atoms with E-state index in [9.17, 15) is 4.39 Å². The average molecular weight is 283 g/mol. The summed E-state index contributed by atoms with van der Waals surface area (Å²) in [6.07, 6.45) is 5.01. The number of hydrogen-bond donors (Lipinski definition) is 1. The molecule has 2 aromatic rings. The number of aromatic nitrogens is 2. The minimum atomic E-state index is -0.275. The van der Waals surface area contributed by atoms with Gasteiger partial charge in [-0.2, -0.15) is 0 Å². The molecule has 6 heteroatoms. The third-order valence-corrected chi connectivity index (χ3v) is 2.43. The Kier molecular flexibility index (Phi) is 3.31. The minimum Gasteiger partial charge on any atom is -0.283 e. The summed E-state index contributed by atoms with van der Waals surface area (Å²) < 4.78 is 14.9. The molecule has 1 aromatic heterocycles. The molecule has 1 heterocycles. The van der Waals surface area contributed by atoms with Crippen LogP contribution in [0.25, 0.3) is 0 Å². The van der Waals surface area contributed by atoms with E-state index in [-0.39, 0.29) is 5.82 Å². The number of imidazole rings is 1. The van der Waals surface area contributed by atoms with Crippen LogP contribution < -0.4 is 5.43 Å². The minimum absolute atomic E-state index is 0.275. The van der Waals surface area contributed by atoms with E-state index in [0.717, 1.165) is 0 Å². The molecule has 0 unspecified atom stereocenters. The van der Waals surface area contributed by atoms with E-state index in [4.69, 9.17) is 0 Å². The van der Waals surface area contributed by atoms with E-state index in [1.807, 2.05) is 0 Å². The lowest BCUT2D eigenvalue weighted by atomic mass is 10.3. The van der Waals surface area contributed by atoms with Gasteiger partial charge in [-0.25, -0.2) is 9.37 Å². The lowest BCUT2D eigenvalue weighted by Crippen LogP contribution is -2.03. The second-order valence-electron chi connectivity index (χ2n) is 2.97. The van der Waals surface area contributed by atoms with Crippen LogP contribution in [-0.2, 0) is 0 Å². The molecule has 1 N–H and O–H groups in total. The van der Waals surface area contributed by atoms with Gasteiger partial charge >= 0.3 is 0 Å². The third-order valence-electron chi connectivity index (χ3n) is 1.84. The van der Waals surface area contributed by atoms with E-state index < -0.39 is 0 Å². The largest absolute Gasteiger partial charge is 0.283 e. The van der Waals surface area contributed by atoms with Crippen LogP contribution >= 0.6 is 15.9 Å². The first-order valence-corrected chi connectivity index (χ1v) is 5.28. The molecule has 0 aliphatic rings. The Morgan fingerprint density at radius 3 is 2.75 bits per heavy atom. The SMILES string of the molecule is Fc1ccc(N/N=C(/Br)n2ccnc2)cc1. The molecule has 82 valence electrons. The molecule has 0 aliphatic carbocycles. The first kappa shape index (κ1) is 10.8. The second kappa shape index (κ2) is 4.89. The second-order valence-corrected chi connectivity index (χ2v) is 3.68. The fourth-order valence-corrected chi connectivity index (χ4v) is 1.36. The average Bonchev–Trinajstić information content (AvgIpc) is 2.81. The first-order chi connectivity index (χ1) is 7.75. The molecular weight excluding hydrogens is 275 g/mol. The smallest absolute Gasteiger partial charge is 0.201 e. The number of nitrogens with one attached hydrogen (secondary N) is 1. The van der Waals surface area contributed by atoms with Crippen LogP contribution in [0.5, 0.6) is 0 Å². The van der Waals surface area contributed by atoms with Gasteiger partial charge in [-0.05, 0) is 40.2 Å². The van der Waals surface area contributed by atoms with Crippen LogP contribution in [0.4, 0.5) is 10.1 Å². The van der Waals surface area contributed by atoms with Gasteiger partial charge in [-0.15, -0.1) is 5.10 Å². The molecule has 1 aromatic carbocycles. The Hall–Kier alpha value is -1.69. The molecule has 0 saturated carbocycles. The Labute approximate surface area is 99.9 Å². The highest BCUT2D eigenvalue weighted by atomic mass is 79.9. The highest BCUT2D eigenvalue weighted by molar-refractivity contribution is 9.18. The van der Waals surface area contributed by atoms with Crippen LogP contribution in [0.3, 0.4) is 0 Å². The fraction of sp³-hybridized carbons (Fsp3) is 0. The van der Waals surface area contributed by atoms with Crippen LogP contribution in [0.2, 0.25) is 0 Å². The van der Waals surface area contributed by atoms with Gasteiger partial charge in [0.1, 0.15) is 12.1 Å². The molecule has 4 nitrogen and oxygen atoms in total. The Morgan fingerprint density at radius 1 is 1.38 bits per heavy atom. The maximum atomic E-state index is 12.6. The van der Waals surface area contributed by atoms with Crippen molar-refractivity contribution in [2.45, 2.75) is 0 Å². The molecule has 0 amide bonds. The molecule has 0 saturated heterocycles. The fourth-order valence-electron chi connectivity index (χ4n) is 1.06. The van der Waals surface area contributed by atoms with E-state index in [0.29, 0.717) is 10.4 Å². The number of nitrogens with zero attached hydrogens (tertiary/aromatic N) is 3. The molecule has 2 rings (SSSR count). The van der Waals surface area contributed by atoms with Gasteiger partial charge in [0.25, 0.3) is 0 Å². The summed E-state index contributed by atoms with van der Waals surface area (Å²) in [6.45, 7) is 0. The third kappa shape index (κ3) is 2.66. The predicted octanol–water partition coefficient (Wildman–Crippen LogP) is 2.65. The van der Waals surface area contributed by atoms with E-state index in [1.165, 1.54) is 12.1 Å². The highest BCUT2D eigenvalue weighted by Gasteiger charge is 1.96. The van der Waals surface area contributed by atoms with E-state index in [1.54, 1.807) is 35.4 Å². The Morgan fingerprint density at radius 2 is 2.12 bits per heavy atom. The molecule has 0 spiro atoms. The van der Waals surface area contributed by atoms with Crippen molar-refractivity contribution in [3.63, 3.8) is 0 Å². The number of benzene rings is 1.